The van der Waals surface area contributed by atoms with Gasteiger partial charge >= 0.3 is 0 Å². The van der Waals surface area contributed by atoms with Crippen LogP contribution in [0.5, 0.6) is 0 Å². The fraction of sp³-hybridized carbons (Fsp3) is 0.353. The first-order chi connectivity index (χ1) is 9.93. The third kappa shape index (κ3) is 3.17. The minimum absolute atomic E-state index is 0.869. The molecule has 0 fully saturated rings. The third-order valence-corrected chi connectivity index (χ3v) is 3.85. The standard InChI is InChI=1S/C17H21N3/c1-2-8-15(9-3-1)17-16(13-19-20-17)12-18-11-10-14-6-4-5-7-14/h1-3,6,8-9,13,18H,4-5,7,10-12H2,(H,19,20). The Bertz CT molecular complexity index is 569. The Kier molecular flexibility index (Phi) is 4.28. The van der Waals surface area contributed by atoms with E-state index in [2.05, 4.69) is 45.9 Å². The molecule has 1 heterocycles. The maximum absolute atomic E-state index is 4.18. The molecule has 1 aromatic carbocycles. The van der Waals surface area contributed by atoms with Crippen LogP contribution in [0.4, 0.5) is 0 Å². The summed E-state index contributed by atoms with van der Waals surface area (Å²) < 4.78 is 0. The quantitative estimate of drug-likeness (QED) is 0.619. The number of benzene rings is 1. The molecule has 3 nitrogen and oxygen atoms in total. The molecular formula is C17H21N3. The SMILES string of the molecule is C1=C(CCNCc2cn[nH]c2-c2ccccc2)CCC1. The zero-order valence-electron chi connectivity index (χ0n) is 11.7. The van der Waals surface area contributed by atoms with Crippen LogP contribution in [0, 0.1) is 0 Å². The molecule has 0 bridgehead atoms. The van der Waals surface area contributed by atoms with Gasteiger partial charge in [0.1, 0.15) is 0 Å². The Morgan fingerprint density at radius 1 is 1.20 bits per heavy atom. The normalized spacial score (nSPS) is 14.5. The lowest BCUT2D eigenvalue weighted by molar-refractivity contribution is 0.677. The number of nitrogens with one attached hydrogen (secondary N) is 2. The summed E-state index contributed by atoms with van der Waals surface area (Å²) in [5, 5.41) is 10.8. The van der Waals surface area contributed by atoms with Crippen LogP contribution in [0.2, 0.25) is 0 Å². The number of nitrogens with zero attached hydrogens (tertiary/aromatic N) is 1. The summed E-state index contributed by atoms with van der Waals surface area (Å²) in [6, 6.07) is 10.4. The second-order valence-corrected chi connectivity index (χ2v) is 5.32. The lowest BCUT2D eigenvalue weighted by Gasteiger charge is -2.06. The van der Waals surface area contributed by atoms with E-state index in [1.165, 1.54) is 36.8 Å². The van der Waals surface area contributed by atoms with Gasteiger partial charge in [-0.1, -0.05) is 42.0 Å². The van der Waals surface area contributed by atoms with Crippen molar-refractivity contribution in [2.45, 2.75) is 32.2 Å². The van der Waals surface area contributed by atoms with Gasteiger partial charge < -0.3 is 5.32 Å². The molecule has 0 spiro atoms. The molecular weight excluding hydrogens is 246 g/mol. The molecule has 3 rings (SSSR count). The highest BCUT2D eigenvalue weighted by molar-refractivity contribution is 5.62. The monoisotopic (exact) mass is 267 g/mol. The van der Waals surface area contributed by atoms with Crippen LogP contribution >= 0.6 is 0 Å². The Labute approximate surface area is 120 Å². The number of aromatic nitrogens is 2. The summed E-state index contributed by atoms with van der Waals surface area (Å²) in [5.74, 6) is 0. The molecule has 0 atom stereocenters. The van der Waals surface area contributed by atoms with Crippen molar-refractivity contribution in [3.8, 4) is 11.3 Å². The molecule has 0 saturated carbocycles. The zero-order valence-corrected chi connectivity index (χ0v) is 11.7. The molecule has 0 unspecified atom stereocenters. The number of rotatable bonds is 6. The van der Waals surface area contributed by atoms with Crippen LogP contribution in [0.25, 0.3) is 11.3 Å². The van der Waals surface area contributed by atoms with Gasteiger partial charge in [-0.25, -0.2) is 0 Å². The van der Waals surface area contributed by atoms with Crippen molar-refractivity contribution in [3.05, 3.63) is 53.7 Å². The van der Waals surface area contributed by atoms with Crippen molar-refractivity contribution < 1.29 is 0 Å². The average molecular weight is 267 g/mol. The van der Waals surface area contributed by atoms with Gasteiger partial charge in [-0.15, -0.1) is 0 Å². The first-order valence-corrected chi connectivity index (χ1v) is 7.40. The lowest BCUT2D eigenvalue weighted by Crippen LogP contribution is -2.15. The number of hydrogen-bond donors (Lipinski definition) is 2. The lowest BCUT2D eigenvalue weighted by atomic mass is 10.1. The van der Waals surface area contributed by atoms with E-state index in [9.17, 15) is 0 Å². The molecule has 0 saturated heterocycles. The summed E-state index contributed by atoms with van der Waals surface area (Å²) in [6.07, 6.45) is 9.41. The first-order valence-electron chi connectivity index (χ1n) is 7.40. The van der Waals surface area contributed by atoms with Crippen molar-refractivity contribution in [2.75, 3.05) is 6.54 Å². The van der Waals surface area contributed by atoms with Crippen LogP contribution in [0.1, 0.15) is 31.2 Å². The van der Waals surface area contributed by atoms with E-state index in [4.69, 9.17) is 0 Å². The van der Waals surface area contributed by atoms with E-state index in [0.29, 0.717) is 0 Å². The predicted octanol–water partition coefficient (Wildman–Crippen LogP) is 3.67. The molecule has 0 radical (unpaired) electrons. The van der Waals surface area contributed by atoms with Crippen molar-refractivity contribution in [3.63, 3.8) is 0 Å². The highest BCUT2D eigenvalue weighted by atomic mass is 15.1. The number of allylic oxidation sites excluding steroid dienone is 1. The molecule has 1 aromatic heterocycles. The van der Waals surface area contributed by atoms with Gasteiger partial charge in [0.25, 0.3) is 0 Å². The molecule has 20 heavy (non-hydrogen) atoms. The summed E-state index contributed by atoms with van der Waals surface area (Å²) in [4.78, 5) is 0. The maximum Gasteiger partial charge on any atom is 0.0695 e. The Hall–Kier alpha value is -1.87. The van der Waals surface area contributed by atoms with Crippen molar-refractivity contribution in [1.82, 2.24) is 15.5 Å². The van der Waals surface area contributed by atoms with Gasteiger partial charge in [0.15, 0.2) is 0 Å². The van der Waals surface area contributed by atoms with Crippen molar-refractivity contribution >= 4 is 0 Å². The van der Waals surface area contributed by atoms with Crippen LogP contribution in [0.3, 0.4) is 0 Å². The average Bonchev–Trinajstić information content (AvgIpc) is 3.16. The molecule has 1 aliphatic carbocycles. The molecule has 1 aliphatic rings. The minimum Gasteiger partial charge on any atom is -0.312 e. The second kappa shape index (κ2) is 6.53. The Morgan fingerprint density at radius 2 is 2.10 bits per heavy atom. The van der Waals surface area contributed by atoms with Gasteiger partial charge in [-0.3, -0.25) is 5.10 Å². The molecule has 0 aliphatic heterocycles. The van der Waals surface area contributed by atoms with Gasteiger partial charge in [-0.2, -0.15) is 5.10 Å². The van der Waals surface area contributed by atoms with Crippen LogP contribution in [0.15, 0.2) is 48.2 Å². The predicted molar refractivity (Wildman–Crippen MR) is 82.3 cm³/mol. The van der Waals surface area contributed by atoms with E-state index < -0.39 is 0 Å². The van der Waals surface area contributed by atoms with E-state index in [-0.39, 0.29) is 0 Å². The summed E-state index contributed by atoms with van der Waals surface area (Å²) in [5.41, 5.74) is 5.17. The minimum atomic E-state index is 0.869. The zero-order chi connectivity index (χ0) is 13.6. The Balaban J connectivity index is 1.54. The molecule has 2 aromatic rings. The topological polar surface area (TPSA) is 40.7 Å². The van der Waals surface area contributed by atoms with Crippen LogP contribution in [-0.2, 0) is 6.54 Å². The van der Waals surface area contributed by atoms with Crippen molar-refractivity contribution in [1.29, 1.82) is 0 Å². The maximum atomic E-state index is 4.18. The van der Waals surface area contributed by atoms with Crippen LogP contribution < -0.4 is 5.32 Å². The highest BCUT2D eigenvalue weighted by Gasteiger charge is 2.07. The number of hydrogen-bond acceptors (Lipinski definition) is 2. The third-order valence-electron chi connectivity index (χ3n) is 3.85. The molecule has 0 amide bonds. The molecule has 104 valence electrons. The first kappa shape index (κ1) is 13.1. The van der Waals surface area contributed by atoms with Gasteiger partial charge in [0.2, 0.25) is 0 Å². The van der Waals surface area contributed by atoms with E-state index >= 15 is 0 Å². The van der Waals surface area contributed by atoms with E-state index in [1.54, 1.807) is 5.57 Å². The van der Waals surface area contributed by atoms with E-state index in [1.807, 2.05) is 12.3 Å². The summed E-state index contributed by atoms with van der Waals surface area (Å²) >= 11 is 0. The summed E-state index contributed by atoms with van der Waals surface area (Å²) in [6.45, 7) is 1.92. The summed E-state index contributed by atoms with van der Waals surface area (Å²) in [7, 11) is 0. The van der Waals surface area contributed by atoms with Gasteiger partial charge in [0.05, 0.1) is 11.9 Å². The fourth-order valence-electron chi connectivity index (χ4n) is 2.74. The van der Waals surface area contributed by atoms with Crippen molar-refractivity contribution in [2.24, 2.45) is 0 Å². The van der Waals surface area contributed by atoms with E-state index in [0.717, 1.165) is 18.8 Å². The van der Waals surface area contributed by atoms with Gasteiger partial charge in [0, 0.05) is 12.1 Å². The smallest absolute Gasteiger partial charge is 0.0695 e. The highest BCUT2D eigenvalue weighted by Crippen LogP contribution is 2.21. The number of aromatic amines is 1. The number of H-pyrrole nitrogens is 1. The second-order valence-electron chi connectivity index (χ2n) is 5.32. The molecule has 3 heteroatoms. The largest absolute Gasteiger partial charge is 0.312 e. The Morgan fingerprint density at radius 3 is 2.90 bits per heavy atom. The van der Waals surface area contributed by atoms with Crippen LogP contribution in [-0.4, -0.2) is 16.7 Å². The molecule has 2 N–H and O–H groups in total. The fourth-order valence-corrected chi connectivity index (χ4v) is 2.74. The van der Waals surface area contributed by atoms with Gasteiger partial charge in [-0.05, 0) is 37.8 Å².